The molecular formula is C26H32N4O. The quantitative estimate of drug-likeness (QED) is 0.489. The van der Waals surface area contributed by atoms with Crippen LogP contribution in [-0.4, -0.2) is 28.2 Å². The lowest BCUT2D eigenvalue weighted by molar-refractivity contribution is 0.0943. The maximum absolute atomic E-state index is 12.3. The van der Waals surface area contributed by atoms with E-state index in [-0.39, 0.29) is 11.9 Å². The molecular weight excluding hydrogens is 384 g/mol. The molecule has 0 saturated heterocycles. The third-order valence-corrected chi connectivity index (χ3v) is 5.88. The van der Waals surface area contributed by atoms with Gasteiger partial charge in [-0.2, -0.15) is 5.10 Å². The van der Waals surface area contributed by atoms with Crippen LogP contribution in [0.5, 0.6) is 0 Å². The molecule has 0 spiro atoms. The summed E-state index contributed by atoms with van der Waals surface area (Å²) in [5, 5.41) is 14.2. The second kappa shape index (κ2) is 9.92. The van der Waals surface area contributed by atoms with Crippen LogP contribution in [0.2, 0.25) is 0 Å². The predicted molar refractivity (Wildman–Crippen MR) is 126 cm³/mol. The van der Waals surface area contributed by atoms with Crippen molar-refractivity contribution in [2.45, 2.75) is 64.6 Å². The van der Waals surface area contributed by atoms with Crippen LogP contribution in [0.25, 0.3) is 22.5 Å². The van der Waals surface area contributed by atoms with Crippen molar-refractivity contribution in [2.75, 3.05) is 0 Å². The second-order valence-electron chi connectivity index (χ2n) is 8.79. The first-order valence-corrected chi connectivity index (χ1v) is 11.4. The minimum Gasteiger partial charge on any atom is -0.350 e. The highest BCUT2D eigenvalue weighted by Crippen LogP contribution is 2.25. The minimum absolute atomic E-state index is 0.0648. The molecule has 1 fully saturated rings. The van der Waals surface area contributed by atoms with E-state index >= 15 is 0 Å². The fourth-order valence-corrected chi connectivity index (χ4v) is 4.15. The lowest BCUT2D eigenvalue weighted by Gasteiger charge is -2.22. The second-order valence-corrected chi connectivity index (χ2v) is 8.79. The number of rotatable bonds is 7. The number of amides is 1. The number of aromatic nitrogens is 2. The SMILES string of the molecule is CC(C)NC(=O)c1cccc(-c2cc(-c3ccc(CNC4CCCCC4)cc3)[nH]n2)c1. The molecule has 0 aliphatic heterocycles. The maximum Gasteiger partial charge on any atom is 0.251 e. The molecule has 0 bridgehead atoms. The number of nitrogens with one attached hydrogen (secondary N) is 3. The molecule has 1 aliphatic rings. The lowest BCUT2D eigenvalue weighted by Crippen LogP contribution is -2.30. The summed E-state index contributed by atoms with van der Waals surface area (Å²) in [6.45, 7) is 4.84. The normalized spacial score (nSPS) is 14.7. The molecule has 5 nitrogen and oxygen atoms in total. The first kappa shape index (κ1) is 21.3. The Morgan fingerprint density at radius 2 is 1.81 bits per heavy atom. The Balaban J connectivity index is 1.42. The average Bonchev–Trinajstić information content (AvgIpc) is 3.29. The van der Waals surface area contributed by atoms with Crippen molar-refractivity contribution >= 4 is 5.91 Å². The van der Waals surface area contributed by atoms with Gasteiger partial charge < -0.3 is 10.6 Å². The molecule has 1 heterocycles. The van der Waals surface area contributed by atoms with Crippen LogP contribution < -0.4 is 10.6 Å². The molecule has 4 rings (SSSR count). The van der Waals surface area contributed by atoms with Crippen molar-refractivity contribution in [3.05, 3.63) is 65.7 Å². The van der Waals surface area contributed by atoms with Crippen LogP contribution in [0.15, 0.2) is 54.6 Å². The van der Waals surface area contributed by atoms with Crippen LogP contribution in [0.1, 0.15) is 61.9 Å². The Morgan fingerprint density at radius 1 is 1.03 bits per heavy atom. The number of carbonyl (C=O) groups is 1. The number of nitrogens with zero attached hydrogens (tertiary/aromatic N) is 1. The van der Waals surface area contributed by atoms with Crippen molar-refractivity contribution in [2.24, 2.45) is 0 Å². The fraction of sp³-hybridized carbons (Fsp3) is 0.385. The molecule has 3 aromatic rings. The summed E-state index contributed by atoms with van der Waals surface area (Å²) in [5.41, 5.74) is 5.78. The zero-order chi connectivity index (χ0) is 21.6. The van der Waals surface area contributed by atoms with Crippen molar-refractivity contribution in [1.82, 2.24) is 20.8 Å². The molecule has 0 radical (unpaired) electrons. The topological polar surface area (TPSA) is 69.8 Å². The van der Waals surface area contributed by atoms with E-state index < -0.39 is 0 Å². The summed E-state index contributed by atoms with van der Waals surface area (Å²) in [6.07, 6.45) is 6.69. The molecule has 0 unspecified atom stereocenters. The van der Waals surface area contributed by atoms with Crippen molar-refractivity contribution in [1.29, 1.82) is 0 Å². The Labute approximate surface area is 184 Å². The lowest BCUT2D eigenvalue weighted by atomic mass is 9.95. The van der Waals surface area contributed by atoms with Gasteiger partial charge in [-0.1, -0.05) is 55.7 Å². The van der Waals surface area contributed by atoms with E-state index in [2.05, 4.69) is 45.1 Å². The summed E-state index contributed by atoms with van der Waals surface area (Å²) < 4.78 is 0. The smallest absolute Gasteiger partial charge is 0.251 e. The predicted octanol–water partition coefficient (Wildman–Crippen LogP) is 5.30. The maximum atomic E-state index is 12.3. The van der Waals surface area contributed by atoms with Gasteiger partial charge in [0.15, 0.2) is 0 Å². The van der Waals surface area contributed by atoms with Gasteiger partial charge in [-0.3, -0.25) is 9.89 Å². The third-order valence-electron chi connectivity index (χ3n) is 5.88. The van der Waals surface area contributed by atoms with E-state index in [1.54, 1.807) is 0 Å². The van der Waals surface area contributed by atoms with Gasteiger partial charge in [0, 0.05) is 29.8 Å². The molecule has 1 saturated carbocycles. The van der Waals surface area contributed by atoms with E-state index in [0.29, 0.717) is 11.6 Å². The first-order chi connectivity index (χ1) is 15.1. The molecule has 0 atom stereocenters. The van der Waals surface area contributed by atoms with Crippen LogP contribution in [0, 0.1) is 0 Å². The van der Waals surface area contributed by atoms with E-state index in [9.17, 15) is 4.79 Å². The Hall–Kier alpha value is -2.92. The number of H-pyrrole nitrogens is 1. The van der Waals surface area contributed by atoms with Gasteiger partial charge in [0.25, 0.3) is 5.91 Å². The standard InChI is InChI=1S/C26H32N4O/c1-18(2)28-26(31)22-8-6-7-21(15-22)25-16-24(29-30-25)20-13-11-19(12-14-20)17-27-23-9-4-3-5-10-23/h6-8,11-16,18,23,27H,3-5,9-10,17H2,1-2H3,(H,28,31)(H,29,30). The molecule has 1 aliphatic carbocycles. The van der Waals surface area contributed by atoms with Crippen molar-refractivity contribution in [3.63, 3.8) is 0 Å². The van der Waals surface area contributed by atoms with E-state index in [0.717, 1.165) is 29.1 Å². The summed E-state index contributed by atoms with van der Waals surface area (Å²) in [7, 11) is 0. The molecule has 5 heteroatoms. The fourth-order valence-electron chi connectivity index (χ4n) is 4.15. The van der Waals surface area contributed by atoms with Crippen LogP contribution in [-0.2, 0) is 6.54 Å². The summed E-state index contributed by atoms with van der Waals surface area (Å²) in [5.74, 6) is -0.0648. The Kier molecular flexibility index (Phi) is 6.82. The number of hydrogen-bond acceptors (Lipinski definition) is 3. The number of carbonyl (C=O) groups excluding carboxylic acids is 1. The van der Waals surface area contributed by atoms with Gasteiger partial charge in [-0.25, -0.2) is 0 Å². The largest absolute Gasteiger partial charge is 0.350 e. The number of hydrogen-bond donors (Lipinski definition) is 3. The zero-order valence-electron chi connectivity index (χ0n) is 18.4. The number of benzene rings is 2. The van der Waals surface area contributed by atoms with Gasteiger partial charge in [0.2, 0.25) is 0 Å². The molecule has 1 amide bonds. The van der Waals surface area contributed by atoms with Gasteiger partial charge in [0.1, 0.15) is 0 Å². The molecule has 31 heavy (non-hydrogen) atoms. The summed E-state index contributed by atoms with van der Waals surface area (Å²) in [4.78, 5) is 12.3. The highest BCUT2D eigenvalue weighted by atomic mass is 16.1. The van der Waals surface area contributed by atoms with Crippen molar-refractivity contribution < 1.29 is 4.79 Å². The van der Waals surface area contributed by atoms with Gasteiger partial charge in [-0.15, -0.1) is 0 Å². The van der Waals surface area contributed by atoms with Gasteiger partial charge in [0.05, 0.1) is 11.4 Å². The molecule has 162 valence electrons. The monoisotopic (exact) mass is 416 g/mol. The van der Waals surface area contributed by atoms with Crippen molar-refractivity contribution in [3.8, 4) is 22.5 Å². The summed E-state index contributed by atoms with van der Waals surface area (Å²) in [6, 6.07) is 19.0. The molecule has 1 aromatic heterocycles. The van der Waals surface area contributed by atoms with E-state index in [4.69, 9.17) is 0 Å². The van der Waals surface area contributed by atoms with Gasteiger partial charge in [-0.05, 0) is 56.0 Å². The van der Waals surface area contributed by atoms with Crippen LogP contribution in [0.4, 0.5) is 0 Å². The van der Waals surface area contributed by atoms with Crippen LogP contribution >= 0.6 is 0 Å². The van der Waals surface area contributed by atoms with Gasteiger partial charge >= 0.3 is 0 Å². The Bertz CT molecular complexity index is 1000. The minimum atomic E-state index is -0.0648. The highest BCUT2D eigenvalue weighted by Gasteiger charge is 2.13. The Morgan fingerprint density at radius 3 is 2.55 bits per heavy atom. The summed E-state index contributed by atoms with van der Waals surface area (Å²) >= 11 is 0. The van der Waals surface area contributed by atoms with E-state index in [1.807, 2.05) is 44.2 Å². The zero-order valence-corrected chi connectivity index (χ0v) is 18.4. The highest BCUT2D eigenvalue weighted by molar-refractivity contribution is 5.95. The molecule has 2 aromatic carbocycles. The number of aromatic amines is 1. The van der Waals surface area contributed by atoms with E-state index in [1.165, 1.54) is 37.7 Å². The van der Waals surface area contributed by atoms with Crippen LogP contribution in [0.3, 0.4) is 0 Å². The average molecular weight is 417 g/mol. The first-order valence-electron chi connectivity index (χ1n) is 11.4. The third kappa shape index (κ3) is 5.61. The molecule has 3 N–H and O–H groups in total.